The quantitative estimate of drug-likeness (QED) is 0.692. The van der Waals surface area contributed by atoms with Crippen molar-refractivity contribution in [2.45, 2.75) is 73.8 Å². The molecule has 0 heterocycles. The Hall–Kier alpha value is -2.53. The highest BCUT2D eigenvalue weighted by Gasteiger charge is 2.63. The van der Waals surface area contributed by atoms with E-state index in [1.165, 1.54) is 0 Å². The van der Waals surface area contributed by atoms with E-state index >= 15 is 0 Å². The molecular formula is C27H32O5. The summed E-state index contributed by atoms with van der Waals surface area (Å²) in [5, 5.41) is 20.1. The molecule has 0 aromatic heterocycles. The third kappa shape index (κ3) is 2.63. The topological polar surface area (TPSA) is 91.7 Å². The lowest BCUT2D eigenvalue weighted by atomic mass is 9.42. The van der Waals surface area contributed by atoms with Crippen LogP contribution in [-0.2, 0) is 11.2 Å². The van der Waals surface area contributed by atoms with Gasteiger partial charge in [0.15, 0.2) is 11.6 Å². The number of aryl methyl sites for hydroxylation is 1. The van der Waals surface area contributed by atoms with Gasteiger partial charge in [0.2, 0.25) is 0 Å². The number of hydrogen-bond acceptors (Lipinski definition) is 4. The number of carboxylic acid groups (broad SMARTS) is 1. The summed E-state index contributed by atoms with van der Waals surface area (Å²) in [4.78, 5) is 39.7. The van der Waals surface area contributed by atoms with E-state index in [4.69, 9.17) is 0 Å². The highest BCUT2D eigenvalue weighted by molar-refractivity contribution is 6.16. The number of ketones is 2. The van der Waals surface area contributed by atoms with Crippen molar-refractivity contribution in [2.75, 3.05) is 0 Å². The van der Waals surface area contributed by atoms with Gasteiger partial charge >= 0.3 is 5.97 Å². The summed E-state index contributed by atoms with van der Waals surface area (Å²) in [6.07, 6.45) is 0.835. The lowest BCUT2D eigenvalue weighted by Crippen LogP contribution is -2.57. The number of fused-ring (bicyclic) bond motifs is 3. The lowest BCUT2D eigenvalue weighted by molar-refractivity contribution is -0.133. The molecule has 2 N–H and O–H groups in total. The second kappa shape index (κ2) is 6.74. The summed E-state index contributed by atoms with van der Waals surface area (Å²) < 4.78 is 0. The summed E-state index contributed by atoms with van der Waals surface area (Å²) in [5.74, 6) is -1.28. The van der Waals surface area contributed by atoms with E-state index < -0.39 is 28.3 Å². The van der Waals surface area contributed by atoms with E-state index in [1.54, 1.807) is 19.1 Å². The first-order valence-electron chi connectivity index (χ1n) is 11.2. The summed E-state index contributed by atoms with van der Waals surface area (Å²) >= 11 is 0. The molecule has 1 aromatic rings. The highest BCUT2D eigenvalue weighted by Crippen LogP contribution is 2.66. The maximum atomic E-state index is 13.9. The zero-order valence-electron chi connectivity index (χ0n) is 20.0. The van der Waals surface area contributed by atoms with Gasteiger partial charge < -0.3 is 10.2 Å². The van der Waals surface area contributed by atoms with Crippen LogP contribution < -0.4 is 0 Å². The zero-order chi connectivity index (χ0) is 24.0. The molecule has 3 aliphatic rings. The van der Waals surface area contributed by atoms with Crippen LogP contribution in [0.1, 0.15) is 86.2 Å². The Morgan fingerprint density at radius 1 is 1.06 bits per heavy atom. The Labute approximate surface area is 189 Å². The van der Waals surface area contributed by atoms with Crippen LogP contribution in [-0.4, -0.2) is 33.9 Å². The first kappa shape index (κ1) is 22.7. The van der Waals surface area contributed by atoms with Crippen LogP contribution in [0.15, 0.2) is 34.4 Å². The van der Waals surface area contributed by atoms with Gasteiger partial charge in [-0.2, -0.15) is 0 Å². The summed E-state index contributed by atoms with van der Waals surface area (Å²) in [7, 11) is 0. The van der Waals surface area contributed by atoms with Crippen molar-refractivity contribution < 1.29 is 24.6 Å². The first-order valence-corrected chi connectivity index (χ1v) is 11.2. The standard InChI is InChI=1S/C27H32O5/c1-13-8-9-17(24(31)32)18-11-25(5)12-26(6)10-14(2)19(16(4)28)23(30)27(26,7)15(3)21(25)22(29)20(13)18/h8-9,16,28H,10-12H2,1-7H3,(H,31,32). The summed E-state index contributed by atoms with van der Waals surface area (Å²) in [6.45, 7) is 13.3. The number of aliphatic hydroxyl groups excluding tert-OH is 1. The van der Waals surface area contributed by atoms with Gasteiger partial charge in [0.05, 0.1) is 17.1 Å². The predicted octanol–water partition coefficient (Wildman–Crippen LogP) is 4.84. The number of allylic oxidation sites excluding steroid dienone is 3. The average Bonchev–Trinajstić information content (AvgIpc) is 2.63. The molecule has 5 heteroatoms. The summed E-state index contributed by atoms with van der Waals surface area (Å²) in [6, 6.07) is 3.28. The number of carbonyl (C=O) groups is 3. The number of carbonyl (C=O) groups excluding carboxylic acids is 2. The van der Waals surface area contributed by atoms with Crippen molar-refractivity contribution in [1.29, 1.82) is 0 Å². The van der Waals surface area contributed by atoms with Crippen LogP contribution in [0.2, 0.25) is 0 Å². The molecule has 0 amide bonds. The number of carboxylic acids is 1. The Morgan fingerprint density at radius 3 is 2.25 bits per heavy atom. The molecule has 0 bridgehead atoms. The molecule has 32 heavy (non-hydrogen) atoms. The van der Waals surface area contributed by atoms with E-state index in [1.807, 2.05) is 34.6 Å². The molecule has 0 aliphatic heterocycles. The van der Waals surface area contributed by atoms with Gasteiger partial charge in [-0.05, 0) is 76.5 Å². The SMILES string of the molecule is CC1=C(C(C)O)C(=O)C2(C)C(C)=C3C(=O)c4c(C)ccc(C(=O)O)c4CC3(C)CC2(C)C1. The number of benzene rings is 1. The predicted molar refractivity (Wildman–Crippen MR) is 122 cm³/mol. The Bertz CT molecular complexity index is 1170. The molecule has 1 aromatic carbocycles. The molecule has 5 nitrogen and oxygen atoms in total. The smallest absolute Gasteiger partial charge is 0.335 e. The van der Waals surface area contributed by atoms with E-state index in [0.29, 0.717) is 41.5 Å². The molecule has 0 spiro atoms. The molecular weight excluding hydrogens is 404 g/mol. The average molecular weight is 437 g/mol. The highest BCUT2D eigenvalue weighted by atomic mass is 16.4. The molecule has 4 rings (SSSR count). The van der Waals surface area contributed by atoms with Crippen molar-refractivity contribution in [3.8, 4) is 0 Å². The van der Waals surface area contributed by atoms with E-state index in [2.05, 4.69) is 6.92 Å². The monoisotopic (exact) mass is 436 g/mol. The second-order valence-corrected chi connectivity index (χ2v) is 10.9. The molecule has 0 fully saturated rings. The van der Waals surface area contributed by atoms with Crippen LogP contribution in [0.25, 0.3) is 0 Å². The van der Waals surface area contributed by atoms with Gasteiger partial charge in [0.1, 0.15) is 0 Å². The van der Waals surface area contributed by atoms with Crippen LogP contribution in [0.4, 0.5) is 0 Å². The maximum absolute atomic E-state index is 13.9. The van der Waals surface area contributed by atoms with E-state index in [0.717, 1.165) is 16.7 Å². The molecule has 0 radical (unpaired) electrons. The van der Waals surface area contributed by atoms with Gasteiger partial charge in [-0.15, -0.1) is 0 Å². The van der Waals surface area contributed by atoms with Crippen molar-refractivity contribution >= 4 is 17.5 Å². The van der Waals surface area contributed by atoms with Crippen LogP contribution >= 0.6 is 0 Å². The minimum Gasteiger partial charge on any atom is -0.478 e. The van der Waals surface area contributed by atoms with Crippen LogP contribution in [0.3, 0.4) is 0 Å². The van der Waals surface area contributed by atoms with Crippen molar-refractivity contribution in [3.05, 3.63) is 56.7 Å². The zero-order valence-corrected chi connectivity index (χ0v) is 20.0. The number of hydrogen-bond donors (Lipinski definition) is 2. The Morgan fingerprint density at radius 2 is 1.69 bits per heavy atom. The van der Waals surface area contributed by atoms with E-state index in [9.17, 15) is 24.6 Å². The first-order chi connectivity index (χ1) is 14.7. The van der Waals surface area contributed by atoms with Crippen molar-refractivity contribution in [3.63, 3.8) is 0 Å². The van der Waals surface area contributed by atoms with Crippen molar-refractivity contribution in [1.82, 2.24) is 0 Å². The maximum Gasteiger partial charge on any atom is 0.335 e. The second-order valence-electron chi connectivity index (χ2n) is 10.9. The molecule has 4 unspecified atom stereocenters. The van der Waals surface area contributed by atoms with Crippen LogP contribution in [0.5, 0.6) is 0 Å². The van der Waals surface area contributed by atoms with Gasteiger partial charge in [0, 0.05) is 22.1 Å². The minimum atomic E-state index is -1.03. The number of aliphatic hydroxyl groups is 1. The van der Waals surface area contributed by atoms with Crippen molar-refractivity contribution in [2.24, 2.45) is 16.2 Å². The van der Waals surface area contributed by atoms with Gasteiger partial charge in [-0.3, -0.25) is 9.59 Å². The Kier molecular flexibility index (Phi) is 4.77. The van der Waals surface area contributed by atoms with Gasteiger partial charge in [-0.1, -0.05) is 31.1 Å². The molecule has 170 valence electrons. The van der Waals surface area contributed by atoms with Gasteiger partial charge in [0.25, 0.3) is 0 Å². The largest absolute Gasteiger partial charge is 0.478 e. The number of rotatable bonds is 2. The number of Topliss-reactive ketones (excluding diaryl/α,β-unsaturated/α-hetero) is 2. The van der Waals surface area contributed by atoms with Gasteiger partial charge in [-0.25, -0.2) is 4.79 Å². The lowest BCUT2D eigenvalue weighted by Gasteiger charge is -2.59. The molecule has 0 saturated heterocycles. The minimum absolute atomic E-state index is 0.0968. The van der Waals surface area contributed by atoms with E-state index in [-0.39, 0.29) is 17.1 Å². The van der Waals surface area contributed by atoms with Crippen LogP contribution in [0, 0.1) is 23.2 Å². The third-order valence-electron chi connectivity index (χ3n) is 8.72. The fraction of sp³-hybridized carbons (Fsp3) is 0.519. The number of aromatic carboxylic acids is 1. The fourth-order valence-corrected chi connectivity index (χ4v) is 7.23. The molecule has 3 aliphatic carbocycles. The molecule has 0 saturated carbocycles. The summed E-state index contributed by atoms with van der Waals surface area (Å²) in [5.41, 5.74) is 2.86. The Balaban J connectivity index is 2.03. The molecule has 4 atom stereocenters. The fourth-order valence-electron chi connectivity index (χ4n) is 7.23. The normalized spacial score (nSPS) is 33.0. The third-order valence-corrected chi connectivity index (χ3v) is 8.72.